The lowest BCUT2D eigenvalue weighted by molar-refractivity contribution is 0.0587. The Kier molecular flexibility index (Phi) is 13.8. The zero-order valence-corrected chi connectivity index (χ0v) is 39.7. The smallest absolute Gasteiger partial charge is 0.261 e. The topological polar surface area (TPSA) is 155 Å². The normalized spacial score (nSPS) is 13.4. The fourth-order valence-electron chi connectivity index (χ4n) is 9.41. The Balaban J connectivity index is 0.912. The lowest BCUT2D eigenvalue weighted by Crippen LogP contribution is -2.41. The Morgan fingerprint density at radius 3 is 1.32 bits per heavy atom. The predicted molar refractivity (Wildman–Crippen MR) is 273 cm³/mol. The Labute approximate surface area is 401 Å². The zero-order valence-electron chi connectivity index (χ0n) is 38.8. The quantitative estimate of drug-likeness (QED) is 0.0360. The number of nitrogens with zero attached hydrogens (tertiary/aromatic N) is 2. The summed E-state index contributed by atoms with van der Waals surface area (Å²) in [7, 11) is -3.98. The standard InChI is InChI=1S/C56H55N4O8P/c1-3-5-31-57-43-29-27-41-51-37(43)17-13-19-39(51)53(62)59(55(41)64)33-15-35-67-46-22-8-11-25-49(46)69(66,48-24-10-7-21-45(48)61)50-26-12-9-23-47(50)68-36-16-34-60-54(63)40-20-14-18-38-44(58-32-6-4-2)30-28-42(52(38)40)56(60)65/h7-14,17-30,57-58,61H,3-6,15-16,31-36H2,1-2H3. The van der Waals surface area contributed by atoms with E-state index in [1.54, 1.807) is 91.0 Å². The van der Waals surface area contributed by atoms with E-state index in [1.165, 1.54) is 15.9 Å². The molecule has 0 atom stereocenters. The van der Waals surface area contributed by atoms with Gasteiger partial charge in [0.1, 0.15) is 17.2 Å². The van der Waals surface area contributed by atoms with Gasteiger partial charge >= 0.3 is 0 Å². The third-order valence-corrected chi connectivity index (χ3v) is 16.0. The molecule has 4 amide bonds. The highest BCUT2D eigenvalue weighted by Crippen LogP contribution is 2.49. The SMILES string of the molecule is CCCCNc1ccc2c3c(cccc13)C(=O)N(CCCOc1ccccc1P(=O)(c1ccccc1O)c1ccccc1OCCCN1C(=O)c3cccc4c(NCCCC)ccc(c34)C1=O)C2=O. The van der Waals surface area contributed by atoms with Crippen molar-refractivity contribution in [2.45, 2.75) is 52.4 Å². The van der Waals surface area contributed by atoms with Crippen molar-refractivity contribution >= 4 is 79.6 Å². The maximum Gasteiger partial charge on any atom is 0.261 e. The molecule has 0 bridgehead atoms. The van der Waals surface area contributed by atoms with E-state index in [-0.39, 0.29) is 73.8 Å². The number of unbranched alkanes of at least 4 members (excludes halogenated alkanes) is 2. The van der Waals surface area contributed by atoms with Crippen LogP contribution in [-0.2, 0) is 4.57 Å². The van der Waals surface area contributed by atoms with Crippen LogP contribution in [0.15, 0.2) is 133 Å². The number of aromatic hydroxyl groups is 1. The third kappa shape index (κ3) is 8.81. The largest absolute Gasteiger partial charge is 0.507 e. The van der Waals surface area contributed by atoms with E-state index >= 15 is 4.57 Å². The summed E-state index contributed by atoms with van der Waals surface area (Å²) in [6.45, 7) is 6.16. The van der Waals surface area contributed by atoms with Crippen LogP contribution < -0.4 is 36.0 Å². The number of nitrogens with one attached hydrogen (secondary N) is 2. The highest BCUT2D eigenvalue weighted by atomic mass is 31.2. The number of phenols is 1. The fraction of sp³-hybridized carbons (Fsp3) is 0.250. The van der Waals surface area contributed by atoms with E-state index in [1.807, 2.05) is 36.4 Å². The molecule has 2 aliphatic rings. The molecule has 7 aromatic rings. The molecule has 2 aliphatic heterocycles. The van der Waals surface area contributed by atoms with Crippen LogP contribution in [0.1, 0.15) is 93.8 Å². The minimum atomic E-state index is -3.98. The number of ether oxygens (including phenoxy) is 2. The summed E-state index contributed by atoms with van der Waals surface area (Å²) >= 11 is 0. The Morgan fingerprint density at radius 2 is 0.884 bits per heavy atom. The van der Waals surface area contributed by atoms with Gasteiger partial charge in [-0.2, -0.15) is 0 Å². The van der Waals surface area contributed by atoms with Gasteiger partial charge in [0, 0.05) is 81.4 Å². The van der Waals surface area contributed by atoms with Gasteiger partial charge in [0.25, 0.3) is 23.6 Å². The van der Waals surface area contributed by atoms with E-state index < -0.39 is 7.14 Å². The van der Waals surface area contributed by atoms with Crippen molar-refractivity contribution < 1.29 is 38.3 Å². The average molecular weight is 943 g/mol. The lowest BCUT2D eigenvalue weighted by atomic mass is 9.93. The number of imide groups is 2. The zero-order chi connectivity index (χ0) is 48.1. The second kappa shape index (κ2) is 20.4. The summed E-state index contributed by atoms with van der Waals surface area (Å²) in [6.07, 6.45) is 4.65. The van der Waals surface area contributed by atoms with Gasteiger partial charge in [-0.3, -0.25) is 29.0 Å². The summed E-state index contributed by atoms with van der Waals surface area (Å²) in [5.41, 5.74) is 3.66. The van der Waals surface area contributed by atoms with Crippen LogP contribution in [0.25, 0.3) is 21.5 Å². The number of para-hydroxylation sites is 3. The molecule has 0 unspecified atom stereocenters. The molecule has 9 rings (SSSR count). The van der Waals surface area contributed by atoms with Crippen LogP contribution in [0.4, 0.5) is 11.4 Å². The average Bonchev–Trinajstić information content (AvgIpc) is 3.37. The van der Waals surface area contributed by atoms with E-state index in [0.717, 1.165) is 60.9 Å². The van der Waals surface area contributed by atoms with Crippen LogP contribution in [0.2, 0.25) is 0 Å². The second-order valence-corrected chi connectivity index (χ2v) is 20.0. The molecule has 13 heteroatoms. The number of hydrogen-bond acceptors (Lipinski definition) is 10. The van der Waals surface area contributed by atoms with Gasteiger partial charge in [-0.15, -0.1) is 0 Å². The van der Waals surface area contributed by atoms with E-state index in [0.29, 0.717) is 55.1 Å². The maximum atomic E-state index is 16.1. The predicted octanol–water partition coefficient (Wildman–Crippen LogP) is 9.89. The number of hydrogen-bond donors (Lipinski definition) is 3. The van der Waals surface area contributed by atoms with Crippen LogP contribution in [0, 0.1) is 0 Å². The highest BCUT2D eigenvalue weighted by Gasteiger charge is 2.39. The van der Waals surface area contributed by atoms with Crippen molar-refractivity contribution in [1.29, 1.82) is 0 Å². The van der Waals surface area contributed by atoms with Crippen LogP contribution in [0.5, 0.6) is 17.2 Å². The molecular formula is C56H55N4O8P. The van der Waals surface area contributed by atoms with Gasteiger partial charge in [-0.05, 0) is 98.5 Å². The Bertz CT molecular complexity index is 2940. The number of phenolic OH excluding ortho intramolecular Hbond substituents is 1. The summed E-state index contributed by atoms with van der Waals surface area (Å²) in [4.78, 5) is 58.0. The van der Waals surface area contributed by atoms with E-state index in [4.69, 9.17) is 9.47 Å². The molecule has 0 aromatic heterocycles. The molecule has 12 nitrogen and oxygen atoms in total. The third-order valence-electron chi connectivity index (χ3n) is 12.9. The summed E-state index contributed by atoms with van der Waals surface area (Å²) in [5.74, 6) is -1.05. The van der Waals surface area contributed by atoms with Gasteiger partial charge in [-0.25, -0.2) is 0 Å². The molecule has 0 aliphatic carbocycles. The van der Waals surface area contributed by atoms with Gasteiger partial charge < -0.3 is 29.8 Å². The number of amides is 4. The second-order valence-electron chi connectivity index (χ2n) is 17.3. The molecule has 69 heavy (non-hydrogen) atoms. The molecule has 0 saturated carbocycles. The first kappa shape index (κ1) is 46.7. The Hall–Kier alpha value is -7.43. The van der Waals surface area contributed by atoms with Crippen molar-refractivity contribution in [3.63, 3.8) is 0 Å². The molecule has 3 N–H and O–H groups in total. The first-order valence-electron chi connectivity index (χ1n) is 23.8. The number of benzene rings is 7. The first-order valence-corrected chi connectivity index (χ1v) is 25.5. The van der Waals surface area contributed by atoms with Crippen molar-refractivity contribution in [3.05, 3.63) is 156 Å². The van der Waals surface area contributed by atoms with Crippen molar-refractivity contribution in [1.82, 2.24) is 9.80 Å². The number of carbonyl (C=O) groups excluding carboxylic acids is 4. The fourth-order valence-corrected chi connectivity index (χ4v) is 12.4. The van der Waals surface area contributed by atoms with E-state index in [9.17, 15) is 24.3 Å². The Morgan fingerprint density at radius 1 is 0.478 bits per heavy atom. The molecule has 0 radical (unpaired) electrons. The minimum absolute atomic E-state index is 0.0776. The minimum Gasteiger partial charge on any atom is -0.507 e. The van der Waals surface area contributed by atoms with Crippen molar-refractivity contribution in [2.75, 3.05) is 50.0 Å². The van der Waals surface area contributed by atoms with Crippen LogP contribution in [0.3, 0.4) is 0 Å². The summed E-state index contributed by atoms with van der Waals surface area (Å²) < 4.78 is 28.9. The molecule has 2 heterocycles. The molecular weight excluding hydrogens is 888 g/mol. The monoisotopic (exact) mass is 942 g/mol. The molecule has 352 valence electrons. The first-order chi connectivity index (χ1) is 33.7. The van der Waals surface area contributed by atoms with Crippen molar-refractivity contribution in [3.8, 4) is 17.2 Å². The molecule has 0 fully saturated rings. The number of rotatable bonds is 21. The van der Waals surface area contributed by atoms with Gasteiger partial charge in [-0.1, -0.05) is 87.4 Å². The molecule has 0 spiro atoms. The maximum absolute atomic E-state index is 16.1. The van der Waals surface area contributed by atoms with Gasteiger partial charge in [0.05, 0.1) is 29.1 Å². The summed E-state index contributed by atoms with van der Waals surface area (Å²) in [6, 6.07) is 38.8. The van der Waals surface area contributed by atoms with Gasteiger partial charge in [0.15, 0.2) is 7.14 Å². The summed E-state index contributed by atoms with van der Waals surface area (Å²) in [5, 5.41) is 22.0. The highest BCUT2D eigenvalue weighted by molar-refractivity contribution is 7.85. The van der Waals surface area contributed by atoms with Crippen LogP contribution >= 0.6 is 7.14 Å². The van der Waals surface area contributed by atoms with Gasteiger partial charge in [0.2, 0.25) is 0 Å². The molecule has 7 aromatic carbocycles. The number of anilines is 2. The van der Waals surface area contributed by atoms with Crippen molar-refractivity contribution in [2.24, 2.45) is 0 Å². The van der Waals surface area contributed by atoms with Crippen LogP contribution in [-0.4, -0.2) is 77.9 Å². The lowest BCUT2D eigenvalue weighted by Gasteiger charge is -2.28. The van der Waals surface area contributed by atoms with E-state index in [2.05, 4.69) is 24.5 Å². The molecule has 0 saturated heterocycles. The number of carbonyl (C=O) groups is 4.